The van der Waals surface area contributed by atoms with Crippen LogP contribution in [0.4, 0.5) is 42.4 Å². The fourth-order valence-electron chi connectivity index (χ4n) is 9.48. The summed E-state index contributed by atoms with van der Waals surface area (Å²) in [5.74, 6) is 2.72. The molecule has 25 heteroatoms. The van der Waals surface area contributed by atoms with Gasteiger partial charge in [0.1, 0.15) is 73.7 Å². The number of nitriles is 2. The molecule has 2 aliphatic heterocycles. The van der Waals surface area contributed by atoms with Gasteiger partial charge in [-0.3, -0.25) is 8.80 Å². The van der Waals surface area contributed by atoms with Crippen LogP contribution in [0.3, 0.4) is 0 Å². The fourth-order valence-corrected chi connectivity index (χ4v) is 11.4. The number of rotatable bonds is 12. The minimum Gasteiger partial charge on any atom is -0.423 e. The van der Waals surface area contributed by atoms with Gasteiger partial charge in [-0.1, -0.05) is 42.6 Å². The molecular formula is C57H55BBrF2N17O2S2. The van der Waals surface area contributed by atoms with E-state index in [1.165, 1.54) is 46.9 Å². The number of hydrogen-bond donors (Lipinski definition) is 4. The van der Waals surface area contributed by atoms with Crippen LogP contribution in [0, 0.1) is 34.3 Å². The molecule has 10 heterocycles. The van der Waals surface area contributed by atoms with Crippen molar-refractivity contribution in [3.8, 4) is 45.8 Å². The largest absolute Gasteiger partial charge is 0.489 e. The van der Waals surface area contributed by atoms with Gasteiger partial charge in [-0.15, -0.1) is 0 Å². The first-order chi connectivity index (χ1) is 39.8. The Morgan fingerprint density at radius 1 is 0.598 bits per heavy atom. The molecule has 0 spiro atoms. The van der Waals surface area contributed by atoms with Gasteiger partial charge in [0.05, 0.1) is 11.4 Å². The zero-order valence-electron chi connectivity index (χ0n) is 45.2. The molecule has 2 aromatic carbocycles. The van der Waals surface area contributed by atoms with Gasteiger partial charge >= 0.3 is 7.12 Å². The molecule has 8 aromatic heterocycles. The van der Waals surface area contributed by atoms with E-state index >= 15 is 0 Å². The summed E-state index contributed by atoms with van der Waals surface area (Å²) in [6.07, 6.45) is 10.6. The zero-order chi connectivity index (χ0) is 57.4. The highest BCUT2D eigenvalue weighted by Crippen LogP contribution is 2.39. The standard InChI is InChI=1S/C28H26FN9S.C20H17BFN5O2S.C9H12BrN3/c1-3-22-26(36(2)28-35-25(23(14-30)39-28)18-4-7-21(29)8-5-18)38-17-19(6-9-24(38)34-22)20-15-32-27(33-16-20)37-12-10-31-11-13-37;1-3-15-19(27-11-13(21(28)29)6-9-17(27)24-15)26(2)20-25-18(16(10-23)30-20)12-4-7-14(22)8-5-12;10-8-1-2-9(12-7-8)13-5-3-11-4-6-13/h4-9,15-17,31H,3,10-13H2,1-2H3;4-9,11,28-29H,3H2,1-2H3;1-2,7,11H,3-6H2. The van der Waals surface area contributed by atoms with E-state index in [9.17, 15) is 29.4 Å². The van der Waals surface area contributed by atoms with Gasteiger partial charge < -0.3 is 40.3 Å². The third kappa shape index (κ3) is 12.5. The molecule has 0 unspecified atom stereocenters. The summed E-state index contributed by atoms with van der Waals surface area (Å²) < 4.78 is 31.6. The molecule has 0 bridgehead atoms. The Hall–Kier alpha value is -8.27. The van der Waals surface area contributed by atoms with Crippen LogP contribution in [0.15, 0.2) is 120 Å². The first-order valence-corrected chi connectivity index (χ1v) is 28.8. The van der Waals surface area contributed by atoms with Gasteiger partial charge in [-0.25, -0.2) is 43.7 Å². The molecule has 416 valence electrons. The van der Waals surface area contributed by atoms with Crippen LogP contribution in [-0.2, 0) is 12.8 Å². The number of halogens is 3. The average Bonchev–Trinajstić information content (AvgIpc) is 4.52. The van der Waals surface area contributed by atoms with E-state index in [0.717, 1.165) is 115 Å². The van der Waals surface area contributed by atoms with E-state index < -0.39 is 7.12 Å². The van der Waals surface area contributed by atoms with Crippen molar-refractivity contribution in [3.63, 3.8) is 0 Å². The van der Waals surface area contributed by atoms with Gasteiger partial charge in [0.15, 0.2) is 10.3 Å². The maximum absolute atomic E-state index is 13.5. The monoisotopic (exact) mass is 1200 g/mol. The molecule has 19 nitrogen and oxygen atoms in total. The number of imidazole rings is 2. The molecule has 10 aromatic rings. The molecule has 0 saturated carbocycles. The third-order valence-corrected chi connectivity index (χ3v) is 16.3. The van der Waals surface area contributed by atoms with E-state index in [0.29, 0.717) is 60.1 Å². The van der Waals surface area contributed by atoms with E-state index in [1.54, 1.807) is 47.0 Å². The highest BCUT2D eigenvalue weighted by atomic mass is 79.9. The number of anilines is 6. The second kappa shape index (κ2) is 25.7. The predicted molar refractivity (Wildman–Crippen MR) is 323 cm³/mol. The number of nitrogens with one attached hydrogen (secondary N) is 2. The van der Waals surface area contributed by atoms with E-state index in [2.05, 4.69) is 86.4 Å². The molecule has 2 aliphatic rings. The highest BCUT2D eigenvalue weighted by Gasteiger charge is 2.25. The predicted octanol–water partition coefficient (Wildman–Crippen LogP) is 8.40. The van der Waals surface area contributed by atoms with Gasteiger partial charge in [0.25, 0.3) is 0 Å². The van der Waals surface area contributed by atoms with Crippen molar-refractivity contribution in [2.24, 2.45) is 0 Å². The minimum atomic E-state index is -1.60. The molecule has 0 aliphatic carbocycles. The SMILES string of the molecule is Brc1ccc(N2CCNCC2)nc1.CCc1nc2ccc(-c3cnc(N4CCNCC4)nc3)cn2c1N(C)c1nc(-c2ccc(F)cc2)c(C#N)s1.CCc1nc2ccc(B(O)O)cn2c1N(C)c1nc(-c2ccc(F)cc2)c(C#N)s1. The smallest absolute Gasteiger partial charge is 0.423 e. The number of benzene rings is 2. The number of aromatic nitrogens is 9. The van der Waals surface area contributed by atoms with E-state index in [1.807, 2.05) is 78.2 Å². The van der Waals surface area contributed by atoms with Gasteiger partial charge in [0.2, 0.25) is 5.95 Å². The van der Waals surface area contributed by atoms with Crippen molar-refractivity contribution in [1.82, 2.24) is 54.3 Å². The summed E-state index contributed by atoms with van der Waals surface area (Å²) in [5, 5.41) is 46.3. The molecule has 0 amide bonds. The van der Waals surface area contributed by atoms with Crippen LogP contribution in [0.2, 0.25) is 0 Å². The third-order valence-electron chi connectivity index (χ3n) is 13.7. The van der Waals surface area contributed by atoms with Crippen molar-refractivity contribution >= 4 is 96.1 Å². The van der Waals surface area contributed by atoms with E-state index in [-0.39, 0.29) is 11.6 Å². The number of thiazole rings is 2. The summed E-state index contributed by atoms with van der Waals surface area (Å²) in [6.45, 7) is 11.9. The first kappa shape index (κ1) is 57.0. The zero-order valence-corrected chi connectivity index (χ0v) is 48.4. The van der Waals surface area contributed by atoms with Crippen molar-refractivity contribution < 1.29 is 18.8 Å². The fraction of sp³-hybridized carbons (Fsp3) is 0.246. The molecule has 2 saturated heterocycles. The quantitative estimate of drug-likeness (QED) is 0.0843. The Bertz CT molecular complexity index is 3910. The lowest BCUT2D eigenvalue weighted by atomic mass is 9.82. The number of aryl methyl sites for hydroxylation is 2. The second-order valence-electron chi connectivity index (χ2n) is 19.0. The maximum Gasteiger partial charge on any atom is 0.489 e. The molecule has 0 radical (unpaired) electrons. The van der Waals surface area contributed by atoms with Crippen molar-refractivity contribution in [1.29, 1.82) is 10.5 Å². The lowest BCUT2D eigenvalue weighted by Gasteiger charge is -2.28. The second-order valence-corrected chi connectivity index (χ2v) is 21.8. The van der Waals surface area contributed by atoms with Crippen LogP contribution in [0.25, 0.3) is 44.9 Å². The summed E-state index contributed by atoms with van der Waals surface area (Å²) >= 11 is 5.90. The van der Waals surface area contributed by atoms with Crippen LogP contribution in [0.1, 0.15) is 35.0 Å². The Balaban J connectivity index is 0.000000154. The van der Waals surface area contributed by atoms with Crippen LogP contribution < -0.4 is 35.7 Å². The summed E-state index contributed by atoms with van der Waals surface area (Å²) in [4.78, 5) is 41.7. The number of hydrogen-bond acceptors (Lipinski definition) is 19. The van der Waals surface area contributed by atoms with Crippen LogP contribution in [0.5, 0.6) is 0 Å². The summed E-state index contributed by atoms with van der Waals surface area (Å²) in [6, 6.07) is 27.7. The van der Waals surface area contributed by atoms with Gasteiger partial charge in [-0.2, -0.15) is 10.5 Å². The minimum absolute atomic E-state index is 0.331. The van der Waals surface area contributed by atoms with Gasteiger partial charge in [0, 0.05) is 124 Å². The summed E-state index contributed by atoms with van der Waals surface area (Å²) in [5.41, 5.74) is 7.79. The molecular weight excluding hydrogens is 1150 g/mol. The Morgan fingerprint density at radius 3 is 1.54 bits per heavy atom. The van der Waals surface area contributed by atoms with Gasteiger partial charge in [-0.05, 0) is 113 Å². The molecule has 0 atom stereocenters. The summed E-state index contributed by atoms with van der Waals surface area (Å²) in [7, 11) is 2.14. The van der Waals surface area contributed by atoms with E-state index in [4.69, 9.17) is 9.97 Å². The Labute approximate surface area is 488 Å². The normalized spacial score (nSPS) is 13.2. The number of pyridine rings is 3. The Kier molecular flexibility index (Phi) is 17.8. The van der Waals surface area contributed by atoms with Crippen molar-refractivity contribution in [3.05, 3.63) is 153 Å². The molecule has 12 rings (SSSR count). The molecule has 4 N–H and O–H groups in total. The number of piperazine rings is 2. The number of fused-ring (bicyclic) bond motifs is 2. The number of nitrogens with zero attached hydrogens (tertiary/aromatic N) is 15. The van der Waals surface area contributed by atoms with Crippen molar-refractivity contribution in [2.75, 3.05) is 86.1 Å². The Morgan fingerprint density at radius 2 is 1.07 bits per heavy atom. The molecule has 2 fully saturated rings. The first-order valence-electron chi connectivity index (χ1n) is 26.4. The van der Waals surface area contributed by atoms with Crippen LogP contribution >= 0.6 is 38.6 Å². The molecule has 82 heavy (non-hydrogen) atoms. The lowest BCUT2D eigenvalue weighted by molar-refractivity contribution is 0.425. The highest BCUT2D eigenvalue weighted by molar-refractivity contribution is 9.10. The van der Waals surface area contributed by atoms with Crippen molar-refractivity contribution in [2.45, 2.75) is 26.7 Å². The average molecular weight is 1200 g/mol. The van der Waals surface area contributed by atoms with Crippen LogP contribution in [-0.4, -0.2) is 127 Å². The maximum atomic E-state index is 13.5. The topological polar surface area (TPSA) is 224 Å². The lowest BCUT2D eigenvalue weighted by Crippen LogP contribution is -2.44.